The molecular weight excluding hydrogens is 336 g/mol. The molecule has 0 saturated carbocycles. The second-order valence-electron chi connectivity index (χ2n) is 6.99. The van der Waals surface area contributed by atoms with Gasteiger partial charge in [-0.25, -0.2) is 0 Å². The molecule has 0 aliphatic heterocycles. The summed E-state index contributed by atoms with van der Waals surface area (Å²) in [5.74, 6) is -0.123. The molecule has 27 heavy (non-hydrogen) atoms. The summed E-state index contributed by atoms with van der Waals surface area (Å²) in [4.78, 5) is 27.4. The number of carbonyl (C=O) groups excluding carboxylic acids is 2. The van der Waals surface area contributed by atoms with Crippen molar-refractivity contribution >= 4 is 11.8 Å². The van der Waals surface area contributed by atoms with Crippen LogP contribution in [-0.2, 0) is 22.6 Å². The number of nitrogens with one attached hydrogen (secondary N) is 1. The molecule has 2 aromatic carbocycles. The van der Waals surface area contributed by atoms with Crippen LogP contribution in [0.3, 0.4) is 0 Å². The molecule has 2 aromatic rings. The molecule has 0 aliphatic rings. The molecule has 144 valence electrons. The molecule has 0 fully saturated rings. The van der Waals surface area contributed by atoms with Gasteiger partial charge in [0, 0.05) is 13.1 Å². The maximum Gasteiger partial charge on any atom is 0.242 e. The molecule has 1 atom stereocenters. The summed E-state index contributed by atoms with van der Waals surface area (Å²) < 4.78 is 0. The van der Waals surface area contributed by atoms with Crippen molar-refractivity contribution in [2.24, 2.45) is 0 Å². The van der Waals surface area contributed by atoms with Crippen LogP contribution in [0.25, 0.3) is 0 Å². The Morgan fingerprint density at radius 2 is 1.41 bits per heavy atom. The Hall–Kier alpha value is -2.62. The Morgan fingerprint density at radius 1 is 0.889 bits per heavy atom. The minimum atomic E-state index is -0.468. The Bertz CT molecular complexity index is 751. The molecule has 1 N–H and O–H groups in total. The third-order valence-corrected chi connectivity index (χ3v) is 4.69. The van der Waals surface area contributed by atoms with Gasteiger partial charge in [0.25, 0.3) is 0 Å². The lowest BCUT2D eigenvalue weighted by Crippen LogP contribution is -2.49. The molecule has 0 aromatic heterocycles. The van der Waals surface area contributed by atoms with E-state index < -0.39 is 6.04 Å². The van der Waals surface area contributed by atoms with Gasteiger partial charge in [0.1, 0.15) is 6.04 Å². The van der Waals surface area contributed by atoms with Crippen LogP contribution in [0.4, 0.5) is 0 Å². The Morgan fingerprint density at radius 3 is 1.89 bits per heavy atom. The average molecular weight is 367 g/mol. The zero-order valence-corrected chi connectivity index (χ0v) is 16.8. The standard InChI is InChI=1S/C23H30N2O2/c1-5-21(23(27)24-6-2)25(16-20-13-9-18(4)10-14-20)22(26)15-19-11-7-17(3)8-12-19/h7-14,21H,5-6,15-16H2,1-4H3,(H,24,27). The lowest BCUT2D eigenvalue weighted by Gasteiger charge is -2.30. The predicted octanol–water partition coefficient (Wildman–Crippen LogP) is 3.79. The SMILES string of the molecule is CCNC(=O)C(CC)N(Cc1ccc(C)cc1)C(=O)Cc1ccc(C)cc1. The van der Waals surface area contributed by atoms with E-state index in [1.165, 1.54) is 5.56 Å². The first-order chi connectivity index (χ1) is 12.9. The van der Waals surface area contributed by atoms with Gasteiger partial charge in [-0.1, -0.05) is 66.6 Å². The molecule has 4 nitrogen and oxygen atoms in total. The molecule has 2 rings (SSSR count). The van der Waals surface area contributed by atoms with Crippen LogP contribution in [0.2, 0.25) is 0 Å². The molecule has 4 heteroatoms. The summed E-state index contributed by atoms with van der Waals surface area (Å²) >= 11 is 0. The van der Waals surface area contributed by atoms with E-state index in [4.69, 9.17) is 0 Å². The predicted molar refractivity (Wildman–Crippen MR) is 109 cm³/mol. The van der Waals surface area contributed by atoms with E-state index in [1.807, 2.05) is 76.2 Å². The van der Waals surface area contributed by atoms with Crippen molar-refractivity contribution in [2.45, 2.75) is 53.1 Å². The molecule has 0 radical (unpaired) electrons. The van der Waals surface area contributed by atoms with Crippen molar-refractivity contribution in [1.29, 1.82) is 0 Å². The van der Waals surface area contributed by atoms with Crippen molar-refractivity contribution in [3.63, 3.8) is 0 Å². The number of amides is 2. The number of nitrogens with zero attached hydrogens (tertiary/aromatic N) is 1. The van der Waals surface area contributed by atoms with E-state index in [2.05, 4.69) is 5.32 Å². The van der Waals surface area contributed by atoms with Gasteiger partial charge in [-0.3, -0.25) is 9.59 Å². The smallest absolute Gasteiger partial charge is 0.242 e. The summed E-state index contributed by atoms with van der Waals surface area (Å²) in [6.45, 7) is 8.88. The number of carbonyl (C=O) groups is 2. The van der Waals surface area contributed by atoms with Crippen molar-refractivity contribution < 1.29 is 9.59 Å². The largest absolute Gasteiger partial charge is 0.355 e. The van der Waals surface area contributed by atoms with Crippen LogP contribution in [0.5, 0.6) is 0 Å². The number of benzene rings is 2. The molecule has 0 bridgehead atoms. The first kappa shape index (κ1) is 20.7. The highest BCUT2D eigenvalue weighted by molar-refractivity contribution is 5.88. The molecular formula is C23H30N2O2. The van der Waals surface area contributed by atoms with Gasteiger partial charge in [0.05, 0.1) is 6.42 Å². The minimum absolute atomic E-state index is 0.0301. The van der Waals surface area contributed by atoms with Crippen molar-refractivity contribution in [1.82, 2.24) is 10.2 Å². The van der Waals surface area contributed by atoms with Gasteiger partial charge in [0.2, 0.25) is 11.8 Å². The number of aryl methyl sites for hydroxylation is 2. The lowest BCUT2D eigenvalue weighted by molar-refractivity contribution is -0.140. The topological polar surface area (TPSA) is 49.4 Å². The quantitative estimate of drug-likeness (QED) is 0.773. The van der Waals surface area contributed by atoms with Crippen LogP contribution in [-0.4, -0.2) is 29.3 Å². The van der Waals surface area contributed by atoms with E-state index in [0.29, 0.717) is 25.9 Å². The van der Waals surface area contributed by atoms with Gasteiger partial charge in [-0.05, 0) is 38.3 Å². The Labute approximate surface area is 162 Å². The van der Waals surface area contributed by atoms with Gasteiger partial charge >= 0.3 is 0 Å². The number of hydrogen-bond donors (Lipinski definition) is 1. The molecule has 0 spiro atoms. The average Bonchev–Trinajstić information content (AvgIpc) is 2.65. The summed E-state index contributed by atoms with van der Waals surface area (Å²) in [5.41, 5.74) is 4.33. The molecule has 2 amide bonds. The third-order valence-electron chi connectivity index (χ3n) is 4.69. The van der Waals surface area contributed by atoms with Gasteiger partial charge in [0.15, 0.2) is 0 Å². The number of likely N-dealkylation sites (N-methyl/N-ethyl adjacent to an activating group) is 1. The van der Waals surface area contributed by atoms with Crippen molar-refractivity contribution in [3.8, 4) is 0 Å². The summed E-state index contributed by atoms with van der Waals surface area (Å²) in [6.07, 6.45) is 0.874. The Kier molecular flexibility index (Phi) is 7.59. The number of rotatable bonds is 8. The normalized spacial score (nSPS) is 11.7. The van der Waals surface area contributed by atoms with Crippen LogP contribution >= 0.6 is 0 Å². The molecule has 0 aliphatic carbocycles. The number of hydrogen-bond acceptors (Lipinski definition) is 2. The molecule has 0 heterocycles. The van der Waals surface area contributed by atoms with Gasteiger partial charge in [-0.15, -0.1) is 0 Å². The van der Waals surface area contributed by atoms with Gasteiger partial charge in [-0.2, -0.15) is 0 Å². The van der Waals surface area contributed by atoms with E-state index >= 15 is 0 Å². The van der Waals surface area contributed by atoms with E-state index in [0.717, 1.165) is 16.7 Å². The minimum Gasteiger partial charge on any atom is -0.355 e. The van der Waals surface area contributed by atoms with Crippen molar-refractivity contribution in [2.75, 3.05) is 6.54 Å². The highest BCUT2D eigenvalue weighted by Crippen LogP contribution is 2.15. The van der Waals surface area contributed by atoms with E-state index in [1.54, 1.807) is 4.90 Å². The fourth-order valence-corrected chi connectivity index (χ4v) is 3.08. The van der Waals surface area contributed by atoms with Crippen LogP contribution in [0, 0.1) is 13.8 Å². The molecule has 1 unspecified atom stereocenters. The fraction of sp³-hybridized carbons (Fsp3) is 0.391. The lowest BCUT2D eigenvalue weighted by atomic mass is 10.1. The van der Waals surface area contributed by atoms with Gasteiger partial charge < -0.3 is 10.2 Å². The molecule has 0 saturated heterocycles. The zero-order chi connectivity index (χ0) is 19.8. The van der Waals surface area contributed by atoms with Crippen molar-refractivity contribution in [3.05, 3.63) is 70.8 Å². The second-order valence-corrected chi connectivity index (χ2v) is 6.99. The first-order valence-electron chi connectivity index (χ1n) is 9.62. The Balaban J connectivity index is 2.25. The maximum atomic E-state index is 13.1. The van der Waals surface area contributed by atoms with Crippen LogP contribution in [0.1, 0.15) is 42.5 Å². The summed E-state index contributed by atoms with van der Waals surface area (Å²) in [6, 6.07) is 15.6. The zero-order valence-electron chi connectivity index (χ0n) is 16.8. The monoisotopic (exact) mass is 366 g/mol. The highest BCUT2D eigenvalue weighted by atomic mass is 16.2. The second kappa shape index (κ2) is 9.91. The fourth-order valence-electron chi connectivity index (χ4n) is 3.08. The van der Waals surface area contributed by atoms with Crippen LogP contribution in [0.15, 0.2) is 48.5 Å². The van der Waals surface area contributed by atoms with E-state index in [-0.39, 0.29) is 11.8 Å². The summed E-state index contributed by atoms with van der Waals surface area (Å²) in [5, 5.41) is 2.87. The van der Waals surface area contributed by atoms with Crippen LogP contribution < -0.4 is 5.32 Å². The van der Waals surface area contributed by atoms with E-state index in [9.17, 15) is 9.59 Å². The first-order valence-corrected chi connectivity index (χ1v) is 9.62. The summed E-state index contributed by atoms with van der Waals surface area (Å²) in [7, 11) is 0. The maximum absolute atomic E-state index is 13.1. The third kappa shape index (κ3) is 5.95. The highest BCUT2D eigenvalue weighted by Gasteiger charge is 2.28.